The Morgan fingerprint density at radius 2 is 2.00 bits per heavy atom. The van der Waals surface area contributed by atoms with E-state index >= 15 is 0 Å². The van der Waals surface area contributed by atoms with E-state index in [1.54, 1.807) is 6.92 Å². The number of rotatable bonds is 6. The fourth-order valence-corrected chi connectivity index (χ4v) is 1.94. The van der Waals surface area contributed by atoms with Crippen LogP contribution in [0.2, 0.25) is 0 Å². The van der Waals surface area contributed by atoms with Crippen molar-refractivity contribution in [2.45, 2.75) is 26.8 Å². The Kier molecular flexibility index (Phi) is 5.70. The normalized spacial score (nSPS) is 12.5. The zero-order valence-corrected chi connectivity index (χ0v) is 10.9. The third-order valence-electron chi connectivity index (χ3n) is 3.01. The molecule has 0 radical (unpaired) electrons. The van der Waals surface area contributed by atoms with Gasteiger partial charge in [-0.05, 0) is 19.0 Å². The first kappa shape index (κ1) is 13.7. The highest BCUT2D eigenvalue weighted by Gasteiger charge is 2.13. The van der Waals surface area contributed by atoms with Crippen molar-refractivity contribution in [2.24, 2.45) is 0 Å². The van der Waals surface area contributed by atoms with Gasteiger partial charge in [-0.25, -0.2) is 0 Å². The Morgan fingerprint density at radius 1 is 1.35 bits per heavy atom. The minimum Gasteiger partial charge on any atom is -0.355 e. The van der Waals surface area contributed by atoms with Crippen molar-refractivity contribution in [3.63, 3.8) is 0 Å². The van der Waals surface area contributed by atoms with Crippen molar-refractivity contribution in [1.29, 1.82) is 0 Å². The fraction of sp³-hybridized carbons (Fsp3) is 0.500. The highest BCUT2D eigenvalue weighted by Crippen LogP contribution is 2.18. The van der Waals surface area contributed by atoms with E-state index in [2.05, 4.69) is 48.3 Å². The summed E-state index contributed by atoms with van der Waals surface area (Å²) in [6.45, 7) is 8.47. The second-order valence-electron chi connectivity index (χ2n) is 4.20. The second kappa shape index (κ2) is 7.07. The van der Waals surface area contributed by atoms with Gasteiger partial charge in [0.05, 0.1) is 0 Å². The first-order valence-corrected chi connectivity index (χ1v) is 6.18. The number of carbonyl (C=O) groups excluding carboxylic acids is 1. The van der Waals surface area contributed by atoms with Gasteiger partial charge >= 0.3 is 0 Å². The number of hydrogen-bond donors (Lipinski definition) is 1. The molecule has 0 aliphatic heterocycles. The molecule has 0 bridgehead atoms. The number of hydrogen-bond acceptors (Lipinski definition) is 2. The second-order valence-corrected chi connectivity index (χ2v) is 4.20. The zero-order chi connectivity index (χ0) is 12.7. The Balaban J connectivity index is 2.52. The van der Waals surface area contributed by atoms with E-state index in [0.717, 1.165) is 13.1 Å². The van der Waals surface area contributed by atoms with E-state index in [1.165, 1.54) is 5.56 Å². The minimum atomic E-state index is 0.0356. The van der Waals surface area contributed by atoms with E-state index in [0.29, 0.717) is 12.6 Å². The number of likely N-dealkylation sites (N-methyl/N-ethyl adjacent to an activating group) is 1. The molecule has 3 heteroatoms. The summed E-state index contributed by atoms with van der Waals surface area (Å²) in [5, 5.41) is 2.84. The maximum absolute atomic E-state index is 10.8. The smallest absolute Gasteiger partial charge is 0.216 e. The number of nitrogens with one attached hydrogen (secondary N) is 1. The van der Waals surface area contributed by atoms with Gasteiger partial charge in [0.15, 0.2) is 0 Å². The number of nitrogens with zero attached hydrogens (tertiary/aromatic N) is 1. The van der Waals surface area contributed by atoms with Gasteiger partial charge in [0.1, 0.15) is 0 Å². The van der Waals surface area contributed by atoms with Crippen molar-refractivity contribution in [2.75, 3.05) is 19.6 Å². The van der Waals surface area contributed by atoms with Gasteiger partial charge in [-0.2, -0.15) is 0 Å². The summed E-state index contributed by atoms with van der Waals surface area (Å²) in [7, 11) is 0. The molecule has 1 N–H and O–H groups in total. The van der Waals surface area contributed by atoms with E-state index < -0.39 is 0 Å². The molecule has 3 nitrogen and oxygen atoms in total. The molecule has 0 spiro atoms. The maximum atomic E-state index is 10.8. The van der Waals surface area contributed by atoms with Gasteiger partial charge in [0, 0.05) is 26.1 Å². The lowest BCUT2D eigenvalue weighted by Crippen LogP contribution is -2.35. The summed E-state index contributed by atoms with van der Waals surface area (Å²) in [5.41, 5.74) is 1.32. The predicted octanol–water partition coefficient (Wildman–Crippen LogP) is 2.21. The van der Waals surface area contributed by atoms with Gasteiger partial charge in [-0.1, -0.05) is 37.3 Å². The predicted molar refractivity (Wildman–Crippen MR) is 70.8 cm³/mol. The quantitative estimate of drug-likeness (QED) is 0.818. The third-order valence-corrected chi connectivity index (χ3v) is 3.01. The number of benzene rings is 1. The summed E-state index contributed by atoms with van der Waals surface area (Å²) in [5.74, 6) is 0.0356. The summed E-state index contributed by atoms with van der Waals surface area (Å²) in [6, 6.07) is 10.8. The lowest BCUT2D eigenvalue weighted by atomic mass is 10.1. The molecule has 0 aromatic heterocycles. The fourth-order valence-electron chi connectivity index (χ4n) is 1.94. The van der Waals surface area contributed by atoms with Crippen LogP contribution in [0.4, 0.5) is 0 Å². The first-order chi connectivity index (χ1) is 8.15. The molecule has 0 aliphatic carbocycles. The van der Waals surface area contributed by atoms with Crippen LogP contribution < -0.4 is 5.32 Å². The molecule has 1 atom stereocenters. The highest BCUT2D eigenvalue weighted by molar-refractivity contribution is 5.72. The van der Waals surface area contributed by atoms with Crippen LogP contribution in [0.15, 0.2) is 30.3 Å². The topological polar surface area (TPSA) is 32.3 Å². The molecule has 1 aromatic rings. The van der Waals surface area contributed by atoms with Gasteiger partial charge in [-0.3, -0.25) is 9.69 Å². The molecule has 1 amide bonds. The average molecular weight is 234 g/mol. The maximum Gasteiger partial charge on any atom is 0.216 e. The van der Waals surface area contributed by atoms with E-state index in [1.807, 2.05) is 6.07 Å². The van der Waals surface area contributed by atoms with Crippen LogP contribution in [0, 0.1) is 0 Å². The van der Waals surface area contributed by atoms with Crippen LogP contribution in [0.25, 0.3) is 0 Å². The van der Waals surface area contributed by atoms with Crippen LogP contribution in [0.1, 0.15) is 32.4 Å². The third kappa shape index (κ3) is 4.57. The molecule has 0 heterocycles. The molecule has 1 rings (SSSR count). The standard InChI is InChI=1S/C14H22N2O/c1-4-16(11-10-15-13(3)17)12(2)14-8-6-5-7-9-14/h5-9,12H,4,10-11H2,1-3H3,(H,15,17). The monoisotopic (exact) mass is 234 g/mol. The molecular formula is C14H22N2O. The molecule has 0 aliphatic rings. The number of carbonyl (C=O) groups is 1. The Labute approximate surface area is 104 Å². The molecule has 1 aromatic carbocycles. The summed E-state index contributed by atoms with van der Waals surface area (Å²) >= 11 is 0. The molecule has 0 saturated heterocycles. The Bertz CT molecular complexity index is 337. The Hall–Kier alpha value is -1.35. The van der Waals surface area contributed by atoms with Crippen molar-refractivity contribution < 1.29 is 4.79 Å². The SMILES string of the molecule is CCN(CCNC(C)=O)C(C)c1ccccc1. The van der Waals surface area contributed by atoms with Crippen LogP contribution in [-0.2, 0) is 4.79 Å². The van der Waals surface area contributed by atoms with Crippen LogP contribution in [0.5, 0.6) is 0 Å². The van der Waals surface area contributed by atoms with Crippen LogP contribution in [0.3, 0.4) is 0 Å². The minimum absolute atomic E-state index is 0.0356. The largest absolute Gasteiger partial charge is 0.355 e. The van der Waals surface area contributed by atoms with Gasteiger partial charge < -0.3 is 5.32 Å². The summed E-state index contributed by atoms with van der Waals surface area (Å²) < 4.78 is 0. The lowest BCUT2D eigenvalue weighted by molar-refractivity contribution is -0.119. The van der Waals surface area contributed by atoms with Crippen molar-refractivity contribution >= 4 is 5.91 Å². The van der Waals surface area contributed by atoms with Crippen molar-refractivity contribution in [3.05, 3.63) is 35.9 Å². The molecule has 1 unspecified atom stereocenters. The van der Waals surface area contributed by atoms with E-state index in [9.17, 15) is 4.79 Å². The zero-order valence-electron chi connectivity index (χ0n) is 10.9. The van der Waals surface area contributed by atoms with E-state index in [4.69, 9.17) is 0 Å². The van der Waals surface area contributed by atoms with Crippen molar-refractivity contribution in [1.82, 2.24) is 10.2 Å². The summed E-state index contributed by atoms with van der Waals surface area (Å²) in [6.07, 6.45) is 0. The van der Waals surface area contributed by atoms with Gasteiger partial charge in [0.2, 0.25) is 5.91 Å². The molecular weight excluding hydrogens is 212 g/mol. The molecule has 0 fully saturated rings. The van der Waals surface area contributed by atoms with E-state index in [-0.39, 0.29) is 5.91 Å². The molecule has 94 valence electrons. The molecule has 0 saturated carbocycles. The van der Waals surface area contributed by atoms with Gasteiger partial charge in [0.25, 0.3) is 0 Å². The van der Waals surface area contributed by atoms with Crippen LogP contribution in [-0.4, -0.2) is 30.4 Å². The first-order valence-electron chi connectivity index (χ1n) is 6.18. The average Bonchev–Trinajstić information content (AvgIpc) is 2.34. The molecule has 17 heavy (non-hydrogen) atoms. The lowest BCUT2D eigenvalue weighted by Gasteiger charge is -2.28. The summed E-state index contributed by atoms with van der Waals surface area (Å²) in [4.78, 5) is 13.2. The Morgan fingerprint density at radius 3 is 2.53 bits per heavy atom. The number of amides is 1. The van der Waals surface area contributed by atoms with Gasteiger partial charge in [-0.15, -0.1) is 0 Å². The van der Waals surface area contributed by atoms with Crippen LogP contribution >= 0.6 is 0 Å². The van der Waals surface area contributed by atoms with Crippen molar-refractivity contribution in [3.8, 4) is 0 Å². The highest BCUT2D eigenvalue weighted by atomic mass is 16.1.